The number of para-hydroxylation sites is 1. The van der Waals surface area contributed by atoms with Gasteiger partial charge in [0, 0.05) is 0 Å². The Morgan fingerprint density at radius 3 is 2.12 bits per heavy atom. The van der Waals surface area contributed by atoms with Crippen molar-refractivity contribution in [2.24, 2.45) is 9.98 Å². The topological polar surface area (TPSA) is 43.2 Å². The maximum absolute atomic E-state index is 5.19. The SMILES string of the molecule is COc1cccc(OC)c1N=C=NC(C)C. The summed E-state index contributed by atoms with van der Waals surface area (Å²) < 4.78 is 10.4. The molecule has 0 unspecified atom stereocenters. The molecule has 0 aliphatic rings. The van der Waals surface area contributed by atoms with E-state index in [4.69, 9.17) is 9.47 Å². The van der Waals surface area contributed by atoms with E-state index in [0.717, 1.165) is 0 Å². The van der Waals surface area contributed by atoms with Gasteiger partial charge in [-0.05, 0) is 26.0 Å². The van der Waals surface area contributed by atoms with Gasteiger partial charge in [0.2, 0.25) is 0 Å². The van der Waals surface area contributed by atoms with Crippen molar-refractivity contribution in [3.8, 4) is 11.5 Å². The first-order valence-electron chi connectivity index (χ1n) is 5.05. The highest BCUT2D eigenvalue weighted by Gasteiger charge is 2.07. The van der Waals surface area contributed by atoms with Gasteiger partial charge in [0.1, 0.15) is 11.5 Å². The molecule has 0 aliphatic heterocycles. The number of ether oxygens (including phenoxy) is 2. The van der Waals surface area contributed by atoms with E-state index in [2.05, 4.69) is 16.0 Å². The van der Waals surface area contributed by atoms with Crippen molar-refractivity contribution in [2.45, 2.75) is 19.9 Å². The molecule has 0 N–H and O–H groups in total. The average Bonchev–Trinajstić information content (AvgIpc) is 2.28. The summed E-state index contributed by atoms with van der Waals surface area (Å²) in [6.45, 7) is 3.92. The molecular weight excluding hydrogens is 204 g/mol. The number of methoxy groups -OCH3 is 2. The number of hydrogen-bond acceptors (Lipinski definition) is 4. The second-order valence-electron chi connectivity index (χ2n) is 3.45. The second-order valence-corrected chi connectivity index (χ2v) is 3.45. The first-order chi connectivity index (χ1) is 7.69. The fourth-order valence-electron chi connectivity index (χ4n) is 1.14. The van der Waals surface area contributed by atoms with Gasteiger partial charge in [-0.15, -0.1) is 0 Å². The Morgan fingerprint density at radius 1 is 1.12 bits per heavy atom. The second kappa shape index (κ2) is 5.93. The van der Waals surface area contributed by atoms with Gasteiger partial charge in [-0.1, -0.05) is 6.07 Å². The van der Waals surface area contributed by atoms with Crippen molar-refractivity contribution in [3.05, 3.63) is 18.2 Å². The minimum Gasteiger partial charge on any atom is -0.494 e. The molecule has 1 rings (SSSR count). The molecule has 0 atom stereocenters. The largest absolute Gasteiger partial charge is 0.494 e. The van der Waals surface area contributed by atoms with Crippen molar-refractivity contribution in [2.75, 3.05) is 14.2 Å². The predicted octanol–water partition coefficient (Wildman–Crippen LogP) is 2.92. The Labute approximate surface area is 95.6 Å². The van der Waals surface area contributed by atoms with E-state index in [9.17, 15) is 0 Å². The van der Waals surface area contributed by atoms with E-state index < -0.39 is 0 Å². The Balaban J connectivity index is 3.14. The average molecular weight is 220 g/mol. The van der Waals surface area contributed by atoms with Crippen LogP contribution >= 0.6 is 0 Å². The fraction of sp³-hybridized carbons (Fsp3) is 0.417. The number of benzene rings is 1. The van der Waals surface area contributed by atoms with Crippen molar-refractivity contribution < 1.29 is 9.47 Å². The highest BCUT2D eigenvalue weighted by atomic mass is 16.5. The van der Waals surface area contributed by atoms with E-state index in [-0.39, 0.29) is 6.04 Å². The third-order valence-electron chi connectivity index (χ3n) is 1.88. The summed E-state index contributed by atoms with van der Waals surface area (Å²) in [6.07, 6.45) is 0. The number of nitrogens with zero attached hydrogens (tertiary/aromatic N) is 2. The highest BCUT2D eigenvalue weighted by molar-refractivity contribution is 5.66. The molecule has 0 aromatic heterocycles. The van der Waals surface area contributed by atoms with Crippen LogP contribution in [-0.2, 0) is 0 Å². The highest BCUT2D eigenvalue weighted by Crippen LogP contribution is 2.36. The Morgan fingerprint density at radius 2 is 1.69 bits per heavy atom. The van der Waals surface area contributed by atoms with Gasteiger partial charge in [0.15, 0.2) is 5.69 Å². The lowest BCUT2D eigenvalue weighted by molar-refractivity contribution is 0.397. The lowest BCUT2D eigenvalue weighted by Gasteiger charge is -2.07. The van der Waals surface area contributed by atoms with E-state index in [1.807, 2.05) is 32.0 Å². The van der Waals surface area contributed by atoms with E-state index in [1.165, 1.54) is 0 Å². The first-order valence-corrected chi connectivity index (χ1v) is 5.05. The van der Waals surface area contributed by atoms with E-state index in [0.29, 0.717) is 17.2 Å². The molecule has 0 aliphatic carbocycles. The molecule has 4 nitrogen and oxygen atoms in total. The third kappa shape index (κ3) is 3.11. The summed E-state index contributed by atoms with van der Waals surface area (Å²) in [6, 6.07) is 8.29. The van der Waals surface area contributed by atoms with Crippen molar-refractivity contribution in [3.63, 3.8) is 0 Å². The lowest BCUT2D eigenvalue weighted by Crippen LogP contribution is -1.88. The monoisotopic (exact) mass is 220 g/mol. The van der Waals surface area contributed by atoms with Gasteiger partial charge >= 0.3 is 0 Å². The maximum atomic E-state index is 5.19. The van der Waals surface area contributed by atoms with Crippen LogP contribution in [0.5, 0.6) is 11.5 Å². The van der Waals surface area contributed by atoms with Crippen LogP contribution in [0.4, 0.5) is 5.69 Å². The molecule has 86 valence electrons. The third-order valence-corrected chi connectivity index (χ3v) is 1.88. The smallest absolute Gasteiger partial charge is 0.158 e. The van der Waals surface area contributed by atoms with Crippen LogP contribution < -0.4 is 9.47 Å². The van der Waals surface area contributed by atoms with Gasteiger partial charge in [0.05, 0.1) is 26.3 Å². The first kappa shape index (κ1) is 12.3. The predicted molar refractivity (Wildman–Crippen MR) is 64.2 cm³/mol. The molecule has 1 aromatic rings. The molecule has 0 fully saturated rings. The zero-order valence-electron chi connectivity index (χ0n) is 10.0. The molecule has 0 heterocycles. The van der Waals surface area contributed by atoms with Crippen molar-refractivity contribution in [1.82, 2.24) is 0 Å². The molecule has 16 heavy (non-hydrogen) atoms. The Kier molecular flexibility index (Phi) is 4.55. The molecule has 1 aromatic carbocycles. The summed E-state index contributed by atoms with van der Waals surface area (Å²) in [4.78, 5) is 8.16. The van der Waals surface area contributed by atoms with Crippen LogP contribution in [-0.4, -0.2) is 26.3 Å². The lowest BCUT2D eigenvalue weighted by atomic mass is 10.2. The number of rotatable bonds is 4. The minimum atomic E-state index is 0.171. The number of hydrogen-bond donors (Lipinski definition) is 0. The summed E-state index contributed by atoms with van der Waals surface area (Å²) in [5.41, 5.74) is 0.608. The van der Waals surface area contributed by atoms with E-state index in [1.54, 1.807) is 14.2 Å². The summed E-state index contributed by atoms with van der Waals surface area (Å²) in [5.74, 6) is 1.29. The summed E-state index contributed by atoms with van der Waals surface area (Å²) >= 11 is 0. The maximum Gasteiger partial charge on any atom is 0.158 e. The zero-order valence-corrected chi connectivity index (χ0v) is 10.0. The standard InChI is InChI=1S/C12H16N2O2/c1-9(2)13-8-14-12-10(15-3)6-5-7-11(12)16-4/h5-7,9H,1-4H3. The van der Waals surface area contributed by atoms with Crippen LogP contribution in [0.15, 0.2) is 28.2 Å². The Hall–Kier alpha value is -1.80. The molecular formula is C12H16N2O2. The van der Waals surface area contributed by atoms with Gasteiger partial charge in [-0.25, -0.2) is 4.99 Å². The summed E-state index contributed by atoms with van der Waals surface area (Å²) in [7, 11) is 3.18. The molecule has 0 amide bonds. The van der Waals surface area contributed by atoms with Crippen LogP contribution in [0, 0.1) is 0 Å². The molecule has 0 spiro atoms. The van der Waals surface area contributed by atoms with Gasteiger partial charge < -0.3 is 9.47 Å². The van der Waals surface area contributed by atoms with Crippen LogP contribution in [0.3, 0.4) is 0 Å². The fourth-order valence-corrected chi connectivity index (χ4v) is 1.14. The van der Waals surface area contributed by atoms with Gasteiger partial charge in [-0.2, -0.15) is 4.99 Å². The normalized spacial score (nSPS) is 9.56. The molecule has 0 radical (unpaired) electrons. The van der Waals surface area contributed by atoms with Gasteiger partial charge in [0.25, 0.3) is 0 Å². The number of aliphatic imine (C=N–C) groups is 2. The van der Waals surface area contributed by atoms with Crippen molar-refractivity contribution in [1.29, 1.82) is 0 Å². The molecule has 0 saturated carbocycles. The summed E-state index contributed by atoms with van der Waals surface area (Å²) in [5, 5.41) is 0. The quantitative estimate of drug-likeness (QED) is 0.732. The molecule has 0 saturated heterocycles. The van der Waals surface area contributed by atoms with Crippen LogP contribution in [0.2, 0.25) is 0 Å². The zero-order chi connectivity index (χ0) is 12.0. The van der Waals surface area contributed by atoms with Crippen molar-refractivity contribution >= 4 is 11.7 Å². The molecule has 4 heteroatoms. The minimum absolute atomic E-state index is 0.171. The van der Waals surface area contributed by atoms with Gasteiger partial charge in [-0.3, -0.25) is 0 Å². The van der Waals surface area contributed by atoms with Crippen LogP contribution in [0.25, 0.3) is 0 Å². The molecule has 0 bridgehead atoms. The Bertz CT molecular complexity index is 385. The van der Waals surface area contributed by atoms with Crippen LogP contribution in [0.1, 0.15) is 13.8 Å². The van der Waals surface area contributed by atoms with E-state index >= 15 is 0 Å².